The van der Waals surface area contributed by atoms with Gasteiger partial charge < -0.3 is 4.84 Å². The Morgan fingerprint density at radius 2 is 1.78 bits per heavy atom. The molecule has 32 heavy (non-hydrogen) atoms. The maximum absolute atomic E-state index is 14.1. The molecule has 1 amide bonds. The van der Waals surface area contributed by atoms with Crippen molar-refractivity contribution in [3.63, 3.8) is 0 Å². The lowest BCUT2D eigenvalue weighted by Crippen LogP contribution is -2.42. The molecule has 0 radical (unpaired) electrons. The molecule has 172 valence electrons. The lowest BCUT2D eigenvalue weighted by atomic mass is 9.86. The van der Waals surface area contributed by atoms with Crippen molar-refractivity contribution in [2.75, 3.05) is 12.5 Å². The number of aryl methyl sites for hydroxylation is 1. The van der Waals surface area contributed by atoms with Crippen LogP contribution in [0.4, 0.5) is 17.6 Å². The van der Waals surface area contributed by atoms with Crippen molar-refractivity contribution < 1.29 is 31.4 Å². The van der Waals surface area contributed by atoms with Crippen LogP contribution in [0.25, 0.3) is 0 Å². The molecular weight excluding hydrogens is 495 g/mol. The summed E-state index contributed by atoms with van der Waals surface area (Å²) in [5.74, 6) is -1.74. The van der Waals surface area contributed by atoms with Gasteiger partial charge in [0.1, 0.15) is 0 Å². The topological polar surface area (TPSA) is 68.1 Å². The van der Waals surface area contributed by atoms with E-state index in [4.69, 9.17) is 28.0 Å². The zero-order valence-corrected chi connectivity index (χ0v) is 19.2. The van der Waals surface area contributed by atoms with Gasteiger partial charge in [0.2, 0.25) is 0 Å². The Balaban J connectivity index is 2.00. The molecule has 5 nitrogen and oxygen atoms in total. The molecule has 0 N–H and O–H groups in total. The number of nitrogens with zero attached hydrogens (tertiary/aromatic N) is 2. The summed E-state index contributed by atoms with van der Waals surface area (Å²) < 4.78 is 71.4. The fourth-order valence-corrected chi connectivity index (χ4v) is 4.16. The number of rotatable bonds is 3. The van der Waals surface area contributed by atoms with Crippen LogP contribution in [0.5, 0.6) is 0 Å². The molecule has 1 aliphatic rings. The Kier molecular flexibility index (Phi) is 6.36. The monoisotopic (exact) mass is 510 g/mol. The molecule has 12 heteroatoms. The van der Waals surface area contributed by atoms with Crippen LogP contribution in [0.1, 0.15) is 33.5 Å². The molecule has 1 atom stereocenters. The van der Waals surface area contributed by atoms with E-state index < -0.39 is 55.3 Å². The Morgan fingerprint density at radius 3 is 2.28 bits per heavy atom. The maximum atomic E-state index is 14.1. The van der Waals surface area contributed by atoms with Gasteiger partial charge in [0, 0.05) is 39.8 Å². The number of carbonyl (C=O) groups excluding carboxylic acids is 1. The lowest BCUT2D eigenvalue weighted by molar-refractivity contribution is -0.275. The second-order valence-electron chi connectivity index (χ2n) is 7.49. The first-order valence-electron chi connectivity index (χ1n) is 8.94. The van der Waals surface area contributed by atoms with Crippen molar-refractivity contribution in [1.29, 1.82) is 0 Å². The SMILES string of the molecule is Cc1cc(C2=NOC(c3cc(Cl)c(F)c(Cl)c3)(C(F)(F)F)C2)ccc1C(=O)N=S(C)(C)=O. The predicted molar refractivity (Wildman–Crippen MR) is 114 cm³/mol. The maximum Gasteiger partial charge on any atom is 0.435 e. The van der Waals surface area contributed by atoms with Crippen LogP contribution in [0, 0.1) is 12.7 Å². The standard InChI is InChI=1S/C20H16Cl2F4N2O3S/c1-10-6-11(4-5-13(10)18(29)28-32(2,3)30)16-9-19(31-27-16,20(24,25)26)12-7-14(21)17(23)15(22)8-12/h4-8H,9H2,1-3H3. The van der Waals surface area contributed by atoms with E-state index in [-0.39, 0.29) is 16.8 Å². The summed E-state index contributed by atoms with van der Waals surface area (Å²) >= 11 is 11.4. The van der Waals surface area contributed by atoms with E-state index in [0.717, 1.165) is 12.1 Å². The molecule has 0 aromatic heterocycles. The Bertz CT molecular complexity index is 1240. The summed E-state index contributed by atoms with van der Waals surface area (Å²) in [5.41, 5.74) is -2.63. The second-order valence-corrected chi connectivity index (χ2v) is 10.9. The first-order chi connectivity index (χ1) is 14.6. The number of oxime groups is 1. The van der Waals surface area contributed by atoms with Crippen LogP contribution >= 0.6 is 23.2 Å². The van der Waals surface area contributed by atoms with Crippen LogP contribution in [0.3, 0.4) is 0 Å². The highest BCUT2D eigenvalue weighted by atomic mass is 35.5. The number of alkyl halides is 3. The van der Waals surface area contributed by atoms with E-state index in [1.54, 1.807) is 6.92 Å². The van der Waals surface area contributed by atoms with Crippen molar-refractivity contribution in [2.45, 2.75) is 25.1 Å². The van der Waals surface area contributed by atoms with Gasteiger partial charge in [0.25, 0.3) is 11.5 Å². The third-order valence-electron chi connectivity index (χ3n) is 4.73. The minimum absolute atomic E-state index is 0.0484. The van der Waals surface area contributed by atoms with Gasteiger partial charge in [-0.3, -0.25) is 4.79 Å². The van der Waals surface area contributed by atoms with Gasteiger partial charge in [0.05, 0.1) is 15.8 Å². The highest BCUT2D eigenvalue weighted by molar-refractivity contribution is 7.92. The molecule has 0 saturated carbocycles. The number of hydrogen-bond donors (Lipinski definition) is 0. The first-order valence-corrected chi connectivity index (χ1v) is 12.0. The molecule has 0 bridgehead atoms. The molecular formula is C20H16Cl2F4N2O3S. The molecule has 0 spiro atoms. The highest BCUT2D eigenvalue weighted by Crippen LogP contribution is 2.50. The van der Waals surface area contributed by atoms with Gasteiger partial charge >= 0.3 is 6.18 Å². The summed E-state index contributed by atoms with van der Waals surface area (Å²) in [5, 5.41) is 2.45. The average molecular weight is 511 g/mol. The Labute approximate surface area is 191 Å². The van der Waals surface area contributed by atoms with Crippen molar-refractivity contribution in [3.05, 3.63) is 68.4 Å². The van der Waals surface area contributed by atoms with Crippen molar-refractivity contribution in [1.82, 2.24) is 0 Å². The van der Waals surface area contributed by atoms with Gasteiger partial charge in [-0.2, -0.15) is 17.5 Å². The molecule has 1 unspecified atom stereocenters. The van der Waals surface area contributed by atoms with E-state index in [1.165, 1.54) is 30.7 Å². The fourth-order valence-electron chi connectivity index (χ4n) is 3.18. The molecule has 1 aliphatic heterocycles. The van der Waals surface area contributed by atoms with E-state index in [0.29, 0.717) is 5.56 Å². The number of hydrogen-bond acceptors (Lipinski definition) is 4. The molecule has 3 rings (SSSR count). The van der Waals surface area contributed by atoms with Crippen molar-refractivity contribution >= 4 is 44.5 Å². The van der Waals surface area contributed by atoms with Gasteiger partial charge in [-0.25, -0.2) is 8.60 Å². The smallest absolute Gasteiger partial charge is 0.374 e. The lowest BCUT2D eigenvalue weighted by Gasteiger charge is -2.29. The number of benzene rings is 2. The van der Waals surface area contributed by atoms with Crippen molar-refractivity contribution in [2.24, 2.45) is 9.52 Å². The van der Waals surface area contributed by atoms with Gasteiger partial charge in [-0.05, 0) is 42.3 Å². The molecule has 0 fully saturated rings. The summed E-state index contributed by atoms with van der Waals surface area (Å²) in [6.07, 6.45) is -3.05. The van der Waals surface area contributed by atoms with E-state index in [2.05, 4.69) is 9.52 Å². The summed E-state index contributed by atoms with van der Waals surface area (Å²) in [7, 11) is -2.68. The van der Waals surface area contributed by atoms with E-state index in [9.17, 15) is 26.6 Å². The average Bonchev–Trinajstić information content (AvgIpc) is 3.11. The molecule has 0 saturated heterocycles. The third-order valence-corrected chi connectivity index (χ3v) is 5.88. The van der Waals surface area contributed by atoms with Crippen LogP contribution in [0.2, 0.25) is 10.0 Å². The van der Waals surface area contributed by atoms with Gasteiger partial charge in [-0.1, -0.05) is 34.4 Å². The van der Waals surface area contributed by atoms with E-state index >= 15 is 0 Å². The first kappa shape index (κ1) is 24.5. The zero-order valence-electron chi connectivity index (χ0n) is 16.9. The third kappa shape index (κ3) is 4.62. The Hall–Kier alpha value is -2.17. The normalized spacial score (nSPS) is 18.8. The van der Waals surface area contributed by atoms with Crippen LogP contribution in [0.15, 0.2) is 39.9 Å². The molecule has 2 aromatic rings. The summed E-state index contributed by atoms with van der Waals surface area (Å²) in [6.45, 7) is 1.56. The number of halogens is 6. The second kappa shape index (κ2) is 8.31. The minimum atomic E-state index is -4.94. The van der Waals surface area contributed by atoms with Crippen LogP contribution < -0.4 is 0 Å². The summed E-state index contributed by atoms with van der Waals surface area (Å²) in [4.78, 5) is 17.1. The largest absolute Gasteiger partial charge is 0.435 e. The molecule has 2 aromatic carbocycles. The fraction of sp³-hybridized carbons (Fsp3) is 0.300. The van der Waals surface area contributed by atoms with Gasteiger partial charge in [0.15, 0.2) is 5.82 Å². The highest BCUT2D eigenvalue weighted by Gasteiger charge is 2.62. The minimum Gasteiger partial charge on any atom is -0.374 e. The van der Waals surface area contributed by atoms with Crippen LogP contribution in [-0.4, -0.2) is 34.5 Å². The number of amides is 1. The van der Waals surface area contributed by atoms with Crippen LogP contribution in [-0.2, 0) is 20.2 Å². The summed E-state index contributed by atoms with van der Waals surface area (Å²) in [6, 6.07) is 5.81. The van der Waals surface area contributed by atoms with Gasteiger partial charge in [-0.15, -0.1) is 0 Å². The van der Waals surface area contributed by atoms with Crippen molar-refractivity contribution in [3.8, 4) is 0 Å². The predicted octanol–water partition coefficient (Wildman–Crippen LogP) is 5.89. The molecule has 1 heterocycles. The zero-order chi connectivity index (χ0) is 24.1. The van der Waals surface area contributed by atoms with E-state index in [1.807, 2.05) is 0 Å². The Morgan fingerprint density at radius 1 is 1.19 bits per heavy atom. The quantitative estimate of drug-likeness (QED) is 0.381. The molecule has 0 aliphatic carbocycles. The number of carbonyl (C=O) groups is 1.